The molecule has 1 saturated carbocycles. The fraction of sp³-hybridized carbons (Fsp3) is 0.927. The van der Waals surface area contributed by atoms with Crippen LogP contribution in [0.1, 0.15) is 141 Å². The number of aliphatic hydroxyl groups is 2. The SMILES string of the molecule is C=CCO[C@]1(C)C[C@@H](C)/C(=N/OC2(OC(C)C)CCCCC2)[C@H](C)[C@@H](O)[C@](C)(O)[C@@H](CC)OC(=O)[C@H](C)[C@@H](O[C@H]2C[C@@](C)(OC)[C@@H](O[Si](C)(C)C)[C@H](C)O2)[C@H](C)[C@H]1O[C@@H]1O[C@H](C)C[C@H](N(C)C)[C@H]1O[Si](C)(C)C. The van der Waals surface area contributed by atoms with Crippen LogP contribution in [0.25, 0.3) is 0 Å². The Morgan fingerprint density at radius 3 is 2.01 bits per heavy atom. The molecule has 3 aliphatic heterocycles. The molecule has 0 aromatic heterocycles. The summed E-state index contributed by atoms with van der Waals surface area (Å²) >= 11 is 0. The smallest absolute Gasteiger partial charge is 0.311 e. The van der Waals surface area contributed by atoms with Crippen molar-refractivity contribution in [2.24, 2.45) is 28.8 Å². The molecule has 73 heavy (non-hydrogen) atoms. The first-order valence-corrected chi connectivity index (χ1v) is 34.5. The van der Waals surface area contributed by atoms with Gasteiger partial charge >= 0.3 is 5.97 Å². The van der Waals surface area contributed by atoms with E-state index in [1.807, 2.05) is 62.3 Å². The molecule has 3 heterocycles. The van der Waals surface area contributed by atoms with Crippen molar-refractivity contribution in [3.8, 4) is 0 Å². The Bertz CT molecular complexity index is 1770. The highest BCUT2D eigenvalue weighted by Crippen LogP contribution is 2.44. The predicted octanol–water partition coefficient (Wildman–Crippen LogP) is 9.60. The Hall–Kier alpha value is -1.37. The van der Waals surface area contributed by atoms with Gasteiger partial charge in [0.2, 0.25) is 5.79 Å². The number of methoxy groups -OCH3 is 1. The standard InChI is InChI=1S/C55H104N2O14Si2/c1-23-30-62-53(12)32-35(5)44(56-71-55(68-34(3)4)28-26-25-27-29-55)37(7)47(58)54(13,60)42(24-2)65-50(59)39(9)45(66-43-33-52(11,61-16)49(40(10)64-43)70-73(20,21)22)38(8)48(53)67-51-46(69-72(17,18)19)41(57(14)15)31-36(6)63-51/h23,34-43,45-49,51,58,60H,1,24-33H2,2-22H3/b56-44-/t35-,36-,37+,38+,39-,40+,41+,42-,43+,45+,46-,47-,48-,49+,51+,52-,53-,54-/m1/s1. The van der Waals surface area contributed by atoms with Gasteiger partial charge in [-0.1, -0.05) is 45.3 Å². The number of ether oxygens (including phenoxy) is 8. The van der Waals surface area contributed by atoms with Crippen molar-refractivity contribution in [1.29, 1.82) is 0 Å². The zero-order chi connectivity index (χ0) is 55.2. The van der Waals surface area contributed by atoms with Gasteiger partial charge in [0, 0.05) is 50.2 Å². The van der Waals surface area contributed by atoms with Crippen LogP contribution >= 0.6 is 0 Å². The first kappa shape index (κ1) is 64.2. The molecule has 0 unspecified atom stereocenters. The van der Waals surface area contributed by atoms with Crippen LogP contribution in [0.3, 0.4) is 0 Å². The second-order valence-corrected chi connectivity index (χ2v) is 34.2. The zero-order valence-corrected chi connectivity index (χ0v) is 51.3. The Balaban J connectivity index is 2.04. The molecule has 4 aliphatic rings. The maximum absolute atomic E-state index is 15.0. The molecule has 1 aliphatic carbocycles. The molecule has 18 atom stereocenters. The van der Waals surface area contributed by atoms with Crippen LogP contribution < -0.4 is 0 Å². The Labute approximate surface area is 443 Å². The lowest BCUT2D eigenvalue weighted by Crippen LogP contribution is -2.63. The van der Waals surface area contributed by atoms with E-state index in [9.17, 15) is 10.2 Å². The molecule has 426 valence electrons. The number of esters is 1. The number of carbonyl (C=O) groups is 1. The number of aliphatic hydroxyl groups excluding tert-OH is 1. The lowest BCUT2D eigenvalue weighted by molar-refractivity contribution is -0.317. The van der Waals surface area contributed by atoms with E-state index in [4.69, 9.17) is 56.7 Å². The van der Waals surface area contributed by atoms with Crippen LogP contribution in [-0.2, 0) is 56.4 Å². The second kappa shape index (κ2) is 26.1. The number of rotatable bonds is 18. The molecule has 0 aromatic carbocycles. The van der Waals surface area contributed by atoms with E-state index in [-0.39, 0.29) is 43.8 Å². The zero-order valence-electron chi connectivity index (χ0n) is 49.3. The van der Waals surface area contributed by atoms with Crippen LogP contribution in [-0.4, -0.2) is 167 Å². The van der Waals surface area contributed by atoms with Crippen molar-refractivity contribution in [3.05, 3.63) is 12.7 Å². The molecule has 0 radical (unpaired) electrons. The molecule has 3 saturated heterocycles. The van der Waals surface area contributed by atoms with Gasteiger partial charge in [0.1, 0.15) is 17.8 Å². The third kappa shape index (κ3) is 16.6. The maximum atomic E-state index is 15.0. The number of nitrogens with zero attached hydrogens (tertiary/aromatic N) is 2. The number of likely N-dealkylation sites (N-methyl/N-ethyl adjacent to an activating group) is 1. The van der Waals surface area contributed by atoms with Crippen molar-refractivity contribution in [3.63, 3.8) is 0 Å². The summed E-state index contributed by atoms with van der Waals surface area (Å²) in [6.07, 6.45) is -0.430. The molecular weight excluding hydrogens is 969 g/mol. The lowest BCUT2D eigenvalue weighted by atomic mass is 9.73. The monoisotopic (exact) mass is 1070 g/mol. The molecule has 2 N–H and O–H groups in total. The lowest BCUT2D eigenvalue weighted by Gasteiger charge is -2.52. The molecule has 0 bridgehead atoms. The predicted molar refractivity (Wildman–Crippen MR) is 290 cm³/mol. The van der Waals surface area contributed by atoms with E-state index in [0.29, 0.717) is 25.0 Å². The minimum Gasteiger partial charge on any atom is -0.459 e. The van der Waals surface area contributed by atoms with Crippen LogP contribution in [0.5, 0.6) is 0 Å². The van der Waals surface area contributed by atoms with Gasteiger partial charge in [-0.15, -0.1) is 6.58 Å². The highest BCUT2D eigenvalue weighted by atomic mass is 28.4. The maximum Gasteiger partial charge on any atom is 0.311 e. The minimum atomic E-state index is -2.23. The highest BCUT2D eigenvalue weighted by molar-refractivity contribution is 6.70. The Morgan fingerprint density at radius 1 is 0.863 bits per heavy atom. The summed E-state index contributed by atoms with van der Waals surface area (Å²) in [7, 11) is 1.49. The molecule has 0 amide bonds. The number of carbonyl (C=O) groups excluding carboxylic acids is 1. The quantitative estimate of drug-likeness (QED) is 0.0436. The van der Waals surface area contributed by atoms with Gasteiger partial charge in [-0.3, -0.25) is 4.79 Å². The molecular formula is C55H104N2O14Si2. The first-order valence-electron chi connectivity index (χ1n) is 27.7. The summed E-state index contributed by atoms with van der Waals surface area (Å²) in [6.45, 7) is 40.2. The van der Waals surface area contributed by atoms with Crippen molar-refractivity contribution < 1.29 is 66.6 Å². The highest BCUT2D eigenvalue weighted by Gasteiger charge is 2.55. The molecule has 18 heteroatoms. The summed E-state index contributed by atoms with van der Waals surface area (Å²) in [5.74, 6) is -4.51. The average molecular weight is 1070 g/mol. The van der Waals surface area contributed by atoms with Gasteiger partial charge in [0.25, 0.3) is 0 Å². The summed E-state index contributed by atoms with van der Waals surface area (Å²) < 4.78 is 68.6. The number of hydrogen-bond acceptors (Lipinski definition) is 16. The Morgan fingerprint density at radius 2 is 1.48 bits per heavy atom. The van der Waals surface area contributed by atoms with E-state index in [1.165, 1.54) is 6.92 Å². The van der Waals surface area contributed by atoms with Crippen molar-refractivity contribution >= 4 is 28.3 Å². The topological polar surface area (TPSA) is 175 Å². The Kier molecular flexibility index (Phi) is 22.9. The van der Waals surface area contributed by atoms with Gasteiger partial charge in [-0.2, -0.15) is 0 Å². The fourth-order valence-electron chi connectivity index (χ4n) is 12.0. The largest absolute Gasteiger partial charge is 0.459 e. The molecule has 0 aromatic rings. The van der Waals surface area contributed by atoms with Gasteiger partial charge in [0.05, 0.1) is 72.2 Å². The van der Waals surface area contributed by atoms with Crippen LogP contribution in [0.4, 0.5) is 0 Å². The van der Waals surface area contributed by atoms with E-state index in [2.05, 4.69) is 71.8 Å². The van der Waals surface area contributed by atoms with Gasteiger partial charge in [0.15, 0.2) is 29.2 Å². The number of cyclic esters (lactones) is 1. The second-order valence-electron chi connectivity index (χ2n) is 25.3. The average Bonchev–Trinajstić information content (AvgIpc) is 3.28. The van der Waals surface area contributed by atoms with Gasteiger partial charge in [-0.05, 0) is 141 Å². The van der Waals surface area contributed by atoms with E-state index < -0.39 is 118 Å². The van der Waals surface area contributed by atoms with Gasteiger partial charge in [-0.25, -0.2) is 0 Å². The van der Waals surface area contributed by atoms with Crippen molar-refractivity contribution in [1.82, 2.24) is 4.90 Å². The van der Waals surface area contributed by atoms with Crippen molar-refractivity contribution in [2.45, 2.75) is 276 Å². The van der Waals surface area contributed by atoms with E-state index >= 15 is 4.79 Å². The summed E-state index contributed by atoms with van der Waals surface area (Å²) in [6, 6.07) is -0.0539. The molecule has 4 fully saturated rings. The van der Waals surface area contributed by atoms with E-state index in [1.54, 1.807) is 20.1 Å². The first-order chi connectivity index (χ1) is 33.7. The summed E-state index contributed by atoms with van der Waals surface area (Å²) in [5.41, 5.74) is -3.49. The third-order valence-electron chi connectivity index (χ3n) is 15.7. The van der Waals surface area contributed by atoms with Crippen molar-refractivity contribution in [2.75, 3.05) is 27.8 Å². The number of oxime groups is 1. The third-order valence-corrected chi connectivity index (χ3v) is 17.6. The molecule has 16 nitrogen and oxygen atoms in total. The van der Waals surface area contributed by atoms with E-state index in [0.717, 1.165) is 25.7 Å². The van der Waals surface area contributed by atoms with Crippen LogP contribution in [0, 0.1) is 23.7 Å². The summed E-state index contributed by atoms with van der Waals surface area (Å²) in [5, 5.41) is 30.0. The minimum absolute atomic E-state index is 0.0539. The van der Waals surface area contributed by atoms with Gasteiger partial charge < -0.3 is 66.7 Å². The van der Waals surface area contributed by atoms with Crippen LogP contribution in [0.15, 0.2) is 17.8 Å². The fourth-order valence-corrected chi connectivity index (χ4v) is 14.2. The number of hydrogen-bond donors (Lipinski definition) is 2. The van der Waals surface area contributed by atoms with Crippen LogP contribution in [0.2, 0.25) is 39.3 Å². The summed E-state index contributed by atoms with van der Waals surface area (Å²) in [4.78, 5) is 23.9. The molecule has 0 spiro atoms. The molecule has 4 rings (SSSR count). The normalized spacial score (nSPS) is 41.4.